The molecule has 0 atom stereocenters. The molecule has 0 fully saturated rings. The molecule has 11 rings (SSSR count). The van der Waals surface area contributed by atoms with Crippen molar-refractivity contribution in [1.29, 1.82) is 0 Å². The average Bonchev–Trinajstić information content (AvgIpc) is 3.69. The van der Waals surface area contributed by atoms with Crippen LogP contribution in [0.3, 0.4) is 0 Å². The number of rotatable bonds is 7. The summed E-state index contributed by atoms with van der Waals surface area (Å²) in [4.78, 5) is 2.46. The van der Waals surface area contributed by atoms with Crippen molar-refractivity contribution in [3.63, 3.8) is 0 Å². The molecule has 0 N–H and O–H groups in total. The number of anilines is 3. The number of thiophene rings is 1. The lowest BCUT2D eigenvalue weighted by atomic mass is 9.97. The molecule has 58 heavy (non-hydrogen) atoms. The van der Waals surface area contributed by atoms with E-state index in [0.29, 0.717) is 0 Å². The van der Waals surface area contributed by atoms with E-state index in [4.69, 9.17) is 0 Å². The van der Waals surface area contributed by atoms with Crippen LogP contribution in [0.4, 0.5) is 17.1 Å². The van der Waals surface area contributed by atoms with Crippen molar-refractivity contribution < 1.29 is 0 Å². The molecular formula is C56H37NS. The molecule has 0 radical (unpaired) electrons. The maximum absolute atomic E-state index is 2.46. The zero-order valence-electron chi connectivity index (χ0n) is 31.7. The number of fused-ring (bicyclic) bond motifs is 5. The molecule has 1 nitrogen and oxygen atoms in total. The predicted octanol–water partition coefficient (Wildman–Crippen LogP) is 16.5. The lowest BCUT2D eigenvalue weighted by Crippen LogP contribution is -2.10. The zero-order valence-corrected chi connectivity index (χ0v) is 32.5. The summed E-state index contributed by atoms with van der Waals surface area (Å²) in [5.74, 6) is 0. The van der Waals surface area contributed by atoms with Gasteiger partial charge in [-0.3, -0.25) is 0 Å². The lowest BCUT2D eigenvalue weighted by molar-refractivity contribution is 1.30. The second kappa shape index (κ2) is 14.4. The van der Waals surface area contributed by atoms with Gasteiger partial charge in [-0.15, -0.1) is 11.3 Å². The number of nitrogens with zero attached hydrogens (tertiary/aromatic N) is 1. The Kier molecular flexibility index (Phi) is 8.42. The van der Waals surface area contributed by atoms with Crippen LogP contribution in [0.2, 0.25) is 0 Å². The van der Waals surface area contributed by atoms with E-state index in [1.165, 1.54) is 86.2 Å². The third kappa shape index (κ3) is 5.94. The first-order valence-corrected chi connectivity index (χ1v) is 20.7. The van der Waals surface area contributed by atoms with Crippen molar-refractivity contribution >= 4 is 70.1 Å². The fourth-order valence-corrected chi connectivity index (χ4v) is 9.97. The molecule has 0 saturated heterocycles. The van der Waals surface area contributed by atoms with Crippen LogP contribution in [0.5, 0.6) is 0 Å². The van der Waals surface area contributed by atoms with E-state index in [0.717, 1.165) is 17.1 Å². The van der Waals surface area contributed by atoms with Gasteiger partial charge in [0, 0.05) is 26.8 Å². The van der Waals surface area contributed by atoms with Gasteiger partial charge in [-0.1, -0.05) is 188 Å². The molecule has 1 heterocycles. The van der Waals surface area contributed by atoms with Gasteiger partial charge in [-0.25, -0.2) is 0 Å². The van der Waals surface area contributed by atoms with Crippen molar-refractivity contribution in [2.24, 2.45) is 0 Å². The first-order valence-electron chi connectivity index (χ1n) is 19.8. The Balaban J connectivity index is 1.14. The summed E-state index contributed by atoms with van der Waals surface area (Å²) >= 11 is 1.89. The third-order valence-corrected chi connectivity index (χ3v) is 12.7. The van der Waals surface area contributed by atoms with Crippen molar-refractivity contribution in [2.45, 2.75) is 0 Å². The van der Waals surface area contributed by atoms with Gasteiger partial charge in [0.15, 0.2) is 0 Å². The van der Waals surface area contributed by atoms with E-state index in [-0.39, 0.29) is 0 Å². The third-order valence-electron chi connectivity index (χ3n) is 11.5. The molecule has 2 heteroatoms. The average molecular weight is 756 g/mol. The predicted molar refractivity (Wildman–Crippen MR) is 251 cm³/mol. The molecule has 0 unspecified atom stereocenters. The molecule has 0 spiro atoms. The molecule has 0 amide bonds. The molecule has 0 aliphatic carbocycles. The second-order valence-corrected chi connectivity index (χ2v) is 15.9. The molecule has 11 aromatic rings. The molecular weight excluding hydrogens is 719 g/mol. The van der Waals surface area contributed by atoms with E-state index in [9.17, 15) is 0 Å². The SMILES string of the molecule is c1ccc(-c2cc(N(c3ccc(-c4cccc5ccccc45)cc3)c3ccc(-c4cccc5ccccc45)cc3)c3sc4c(-c5ccccc5)cccc4c3c2)cc1. The topological polar surface area (TPSA) is 3.24 Å². The maximum atomic E-state index is 2.46. The summed E-state index contributed by atoms with van der Waals surface area (Å²) in [6, 6.07) is 81.9. The summed E-state index contributed by atoms with van der Waals surface area (Å²) in [7, 11) is 0. The summed E-state index contributed by atoms with van der Waals surface area (Å²) in [5.41, 5.74) is 13.1. The molecule has 0 aliphatic rings. The van der Waals surface area contributed by atoms with Crippen LogP contribution in [-0.2, 0) is 0 Å². The first kappa shape index (κ1) is 34.0. The number of hydrogen-bond acceptors (Lipinski definition) is 2. The number of hydrogen-bond donors (Lipinski definition) is 0. The molecule has 0 saturated carbocycles. The Morgan fingerprint density at radius 3 is 1.31 bits per heavy atom. The smallest absolute Gasteiger partial charge is 0.0646 e. The summed E-state index contributed by atoms with van der Waals surface area (Å²) < 4.78 is 2.56. The highest BCUT2D eigenvalue weighted by Gasteiger charge is 2.22. The summed E-state index contributed by atoms with van der Waals surface area (Å²) in [6.07, 6.45) is 0. The Hall–Kier alpha value is -7.26. The van der Waals surface area contributed by atoms with Crippen LogP contribution < -0.4 is 4.90 Å². The van der Waals surface area contributed by atoms with Crippen molar-refractivity contribution in [3.05, 3.63) is 224 Å². The molecule has 272 valence electrons. The van der Waals surface area contributed by atoms with Gasteiger partial charge < -0.3 is 4.90 Å². The Bertz CT molecular complexity index is 3120. The minimum atomic E-state index is 1.11. The monoisotopic (exact) mass is 755 g/mol. The zero-order chi connectivity index (χ0) is 38.4. The summed E-state index contributed by atoms with van der Waals surface area (Å²) in [5, 5.41) is 7.55. The highest BCUT2D eigenvalue weighted by molar-refractivity contribution is 7.27. The van der Waals surface area contributed by atoms with E-state index in [1.54, 1.807) is 0 Å². The van der Waals surface area contributed by atoms with Gasteiger partial charge in [-0.05, 0) is 102 Å². The van der Waals surface area contributed by atoms with Crippen molar-refractivity contribution in [3.8, 4) is 44.5 Å². The molecule has 10 aromatic carbocycles. The molecule has 0 bridgehead atoms. The Morgan fingerprint density at radius 1 is 0.276 bits per heavy atom. The van der Waals surface area contributed by atoms with Gasteiger partial charge in [-0.2, -0.15) is 0 Å². The minimum Gasteiger partial charge on any atom is -0.309 e. The van der Waals surface area contributed by atoms with Crippen molar-refractivity contribution in [1.82, 2.24) is 0 Å². The molecule has 1 aromatic heterocycles. The fraction of sp³-hybridized carbons (Fsp3) is 0. The van der Waals surface area contributed by atoms with Crippen molar-refractivity contribution in [2.75, 3.05) is 4.90 Å². The van der Waals surface area contributed by atoms with Gasteiger partial charge >= 0.3 is 0 Å². The van der Waals surface area contributed by atoms with Crippen LogP contribution in [0.15, 0.2) is 224 Å². The Labute approximate surface area is 342 Å². The standard InChI is InChI=1S/C56H37NS/c1-3-14-38(15-4-1)44-36-53-52-27-13-26-51(41-16-5-2-6-17-41)55(52)58-56(53)54(37-44)57(45-32-28-42(29-33-45)49-24-11-20-39-18-7-9-22-47(39)49)46-34-30-43(31-35-46)50-25-12-21-40-19-8-10-23-48(40)50/h1-37H. The number of benzene rings is 10. The van der Waals surface area contributed by atoms with E-state index in [1.807, 2.05) is 11.3 Å². The minimum absolute atomic E-state index is 1.11. The van der Waals surface area contributed by atoms with Gasteiger partial charge in [0.1, 0.15) is 0 Å². The van der Waals surface area contributed by atoms with Gasteiger partial charge in [0.2, 0.25) is 0 Å². The Morgan fingerprint density at radius 2 is 0.724 bits per heavy atom. The maximum Gasteiger partial charge on any atom is 0.0646 e. The summed E-state index contributed by atoms with van der Waals surface area (Å²) in [6.45, 7) is 0. The van der Waals surface area contributed by atoms with E-state index >= 15 is 0 Å². The second-order valence-electron chi connectivity index (χ2n) is 14.9. The van der Waals surface area contributed by atoms with Gasteiger partial charge in [0.25, 0.3) is 0 Å². The normalized spacial score (nSPS) is 11.4. The van der Waals surface area contributed by atoms with E-state index < -0.39 is 0 Å². The van der Waals surface area contributed by atoms with Gasteiger partial charge in [0.05, 0.1) is 10.4 Å². The lowest BCUT2D eigenvalue weighted by Gasteiger charge is -2.27. The van der Waals surface area contributed by atoms with Crippen LogP contribution in [-0.4, -0.2) is 0 Å². The quantitative estimate of drug-likeness (QED) is 0.157. The molecule has 0 aliphatic heterocycles. The largest absolute Gasteiger partial charge is 0.309 e. The van der Waals surface area contributed by atoms with Crippen LogP contribution in [0.25, 0.3) is 86.2 Å². The van der Waals surface area contributed by atoms with Crippen LogP contribution in [0.1, 0.15) is 0 Å². The van der Waals surface area contributed by atoms with E-state index in [2.05, 4.69) is 229 Å². The highest BCUT2D eigenvalue weighted by Crippen LogP contribution is 2.49. The van der Waals surface area contributed by atoms with Crippen LogP contribution in [0, 0.1) is 0 Å². The first-order chi connectivity index (χ1) is 28.8. The fourth-order valence-electron chi connectivity index (χ4n) is 8.65. The van der Waals surface area contributed by atoms with Crippen LogP contribution >= 0.6 is 11.3 Å². The highest BCUT2D eigenvalue weighted by atomic mass is 32.1.